The molecule has 94 valence electrons. The predicted octanol–water partition coefficient (Wildman–Crippen LogP) is 1.92. The molecule has 18 heavy (non-hydrogen) atoms. The highest BCUT2D eigenvalue weighted by atomic mass is 15.3. The fourth-order valence-electron chi connectivity index (χ4n) is 1.46. The van der Waals surface area contributed by atoms with E-state index in [0.29, 0.717) is 5.84 Å². The number of hydrogen-bond acceptors (Lipinski definition) is 3. The highest BCUT2D eigenvalue weighted by Crippen LogP contribution is 2.09. The molecule has 1 rings (SSSR count). The van der Waals surface area contributed by atoms with Gasteiger partial charge < -0.3 is 11.3 Å². The average Bonchev–Trinajstić information content (AvgIpc) is 2.39. The molecule has 0 bridgehead atoms. The number of allylic oxidation sites excluding steroid dienone is 4. The highest BCUT2D eigenvalue weighted by Gasteiger charge is 2.00. The quantitative estimate of drug-likeness (QED) is 0.248. The monoisotopic (exact) mass is 242 g/mol. The Morgan fingerprint density at radius 1 is 1.39 bits per heavy atom. The molecule has 0 atom stereocenters. The van der Waals surface area contributed by atoms with Crippen LogP contribution < -0.4 is 17.1 Å². The van der Waals surface area contributed by atoms with Crippen molar-refractivity contribution in [2.24, 2.45) is 16.8 Å². The van der Waals surface area contributed by atoms with Crippen molar-refractivity contribution >= 4 is 11.9 Å². The van der Waals surface area contributed by atoms with Crippen LogP contribution in [-0.4, -0.2) is 5.84 Å². The molecule has 4 heteroatoms. The van der Waals surface area contributed by atoms with Crippen LogP contribution in [0.2, 0.25) is 0 Å². The zero-order valence-electron chi connectivity index (χ0n) is 10.4. The number of hydrazine groups is 1. The van der Waals surface area contributed by atoms with E-state index in [0.717, 1.165) is 16.7 Å². The van der Waals surface area contributed by atoms with Crippen LogP contribution >= 0.6 is 0 Å². The lowest BCUT2D eigenvalue weighted by molar-refractivity contribution is 1.00. The van der Waals surface area contributed by atoms with E-state index in [1.54, 1.807) is 0 Å². The van der Waals surface area contributed by atoms with Crippen molar-refractivity contribution in [3.63, 3.8) is 0 Å². The van der Waals surface area contributed by atoms with Crippen molar-refractivity contribution in [1.82, 2.24) is 5.43 Å². The topological polar surface area (TPSA) is 76.4 Å². The largest absolute Gasteiger partial charge is 0.321 e. The molecule has 0 unspecified atom stereocenters. The number of benzene rings is 1. The van der Waals surface area contributed by atoms with Gasteiger partial charge >= 0.3 is 0 Å². The third-order valence-corrected chi connectivity index (χ3v) is 2.30. The zero-order chi connectivity index (χ0) is 13.4. The van der Waals surface area contributed by atoms with Crippen LogP contribution in [0.3, 0.4) is 0 Å². The zero-order valence-corrected chi connectivity index (χ0v) is 10.4. The van der Waals surface area contributed by atoms with E-state index in [9.17, 15) is 0 Å². The van der Waals surface area contributed by atoms with Crippen LogP contribution in [0.25, 0.3) is 6.08 Å². The molecule has 0 saturated heterocycles. The van der Waals surface area contributed by atoms with E-state index in [1.165, 1.54) is 0 Å². The summed E-state index contributed by atoms with van der Waals surface area (Å²) in [5.41, 5.74) is 5.25. The molecule has 0 amide bonds. The molecule has 0 radical (unpaired) electrons. The number of hydrazone groups is 1. The highest BCUT2D eigenvalue weighted by molar-refractivity contribution is 5.98. The van der Waals surface area contributed by atoms with Gasteiger partial charge in [0.25, 0.3) is 0 Å². The minimum atomic E-state index is 0.442. The van der Waals surface area contributed by atoms with Gasteiger partial charge in [0.05, 0.1) is 0 Å². The summed E-state index contributed by atoms with van der Waals surface area (Å²) in [6, 6.07) is 7.71. The minimum Gasteiger partial charge on any atom is -0.321 e. The number of amidine groups is 1. The lowest BCUT2D eigenvalue weighted by Gasteiger charge is -2.04. The summed E-state index contributed by atoms with van der Waals surface area (Å²) in [4.78, 5) is 0. The Labute approximate surface area is 107 Å². The molecule has 0 aromatic heterocycles. The maximum Gasteiger partial charge on any atom is 0.166 e. The first-order valence-corrected chi connectivity index (χ1v) is 5.56. The molecule has 0 fully saturated rings. The van der Waals surface area contributed by atoms with Gasteiger partial charge in [0.1, 0.15) is 0 Å². The molecule has 0 saturated carbocycles. The van der Waals surface area contributed by atoms with Crippen molar-refractivity contribution in [3.8, 4) is 0 Å². The van der Waals surface area contributed by atoms with Crippen LogP contribution in [0.1, 0.15) is 18.1 Å². The fourth-order valence-corrected chi connectivity index (χ4v) is 1.46. The van der Waals surface area contributed by atoms with Gasteiger partial charge in [-0.1, -0.05) is 49.1 Å². The van der Waals surface area contributed by atoms with Gasteiger partial charge in [0.2, 0.25) is 0 Å². The van der Waals surface area contributed by atoms with E-state index in [4.69, 9.17) is 11.7 Å². The normalized spacial score (nSPS) is 12.2. The second kappa shape index (κ2) is 7.09. The van der Waals surface area contributed by atoms with Crippen LogP contribution in [-0.2, 0) is 0 Å². The second-order valence-electron chi connectivity index (χ2n) is 3.66. The van der Waals surface area contributed by atoms with Crippen molar-refractivity contribution in [1.29, 1.82) is 0 Å². The summed E-state index contributed by atoms with van der Waals surface area (Å²) in [6.07, 6.45) is 7.79. The lowest BCUT2D eigenvalue weighted by atomic mass is 10.1. The number of nitrogens with zero attached hydrogens (tertiary/aromatic N) is 1. The Morgan fingerprint density at radius 3 is 2.78 bits per heavy atom. The summed E-state index contributed by atoms with van der Waals surface area (Å²) in [7, 11) is 0. The van der Waals surface area contributed by atoms with Crippen LogP contribution in [0.4, 0.5) is 0 Å². The predicted molar refractivity (Wildman–Crippen MR) is 77.5 cm³/mol. The number of nitrogens with two attached hydrogens (primary N) is 2. The molecule has 0 aliphatic rings. The van der Waals surface area contributed by atoms with E-state index in [2.05, 4.69) is 17.1 Å². The minimum absolute atomic E-state index is 0.442. The average molecular weight is 242 g/mol. The molecule has 1 aromatic rings. The number of hydrogen-bond donors (Lipinski definition) is 3. The van der Waals surface area contributed by atoms with Gasteiger partial charge in [-0.05, 0) is 24.1 Å². The smallest absolute Gasteiger partial charge is 0.166 e. The molecule has 0 aliphatic carbocycles. The first-order chi connectivity index (χ1) is 8.71. The molecular formula is C14H18N4. The maximum atomic E-state index is 5.33. The SMILES string of the molecule is C=C(/C=C\C)/C=C\c1cccc(/C(=N/N)NN)c1. The van der Waals surface area contributed by atoms with Crippen molar-refractivity contribution in [2.75, 3.05) is 0 Å². The molecule has 1 aromatic carbocycles. The Kier molecular flexibility index (Phi) is 5.41. The lowest BCUT2D eigenvalue weighted by Crippen LogP contribution is -2.32. The van der Waals surface area contributed by atoms with Crippen LogP contribution in [0, 0.1) is 0 Å². The van der Waals surface area contributed by atoms with Gasteiger partial charge in [-0.2, -0.15) is 5.10 Å². The Bertz CT molecular complexity index is 498. The van der Waals surface area contributed by atoms with E-state index < -0.39 is 0 Å². The summed E-state index contributed by atoms with van der Waals surface area (Å²) in [5, 5.41) is 3.57. The summed E-state index contributed by atoms with van der Waals surface area (Å²) >= 11 is 0. The third-order valence-electron chi connectivity index (χ3n) is 2.30. The van der Waals surface area contributed by atoms with E-state index >= 15 is 0 Å². The summed E-state index contributed by atoms with van der Waals surface area (Å²) in [6.45, 7) is 5.85. The standard InChI is InChI=1S/C14H18N4/c1-3-5-11(2)8-9-12-6-4-7-13(10-12)14(17-15)18-16/h3-10H,2,15-16H2,1H3,(H,17,18)/b5-3-,9-8-. The molecule has 5 N–H and O–H groups in total. The number of nitrogens with one attached hydrogen (secondary N) is 1. The first kappa shape index (κ1) is 13.7. The van der Waals surface area contributed by atoms with Crippen molar-refractivity contribution < 1.29 is 0 Å². The summed E-state index contributed by atoms with van der Waals surface area (Å²) in [5.74, 6) is 11.0. The molecule has 0 aliphatic heterocycles. The van der Waals surface area contributed by atoms with Gasteiger partial charge in [0.15, 0.2) is 5.84 Å². The molecule has 0 heterocycles. The molecule has 4 nitrogen and oxygen atoms in total. The van der Waals surface area contributed by atoms with Gasteiger partial charge in [-0.15, -0.1) is 0 Å². The first-order valence-electron chi connectivity index (χ1n) is 5.56. The van der Waals surface area contributed by atoms with Crippen molar-refractivity contribution in [2.45, 2.75) is 6.92 Å². The molecular weight excluding hydrogens is 224 g/mol. The number of rotatable bonds is 4. The van der Waals surface area contributed by atoms with E-state index in [-0.39, 0.29) is 0 Å². The Hall–Kier alpha value is -2.33. The Morgan fingerprint density at radius 2 is 2.17 bits per heavy atom. The fraction of sp³-hybridized carbons (Fsp3) is 0.0714. The van der Waals surface area contributed by atoms with Gasteiger partial charge in [-0.3, -0.25) is 0 Å². The van der Waals surface area contributed by atoms with Crippen LogP contribution in [0.5, 0.6) is 0 Å². The third kappa shape index (κ3) is 3.92. The summed E-state index contributed by atoms with van der Waals surface area (Å²) < 4.78 is 0. The second-order valence-corrected chi connectivity index (χ2v) is 3.66. The molecule has 0 spiro atoms. The van der Waals surface area contributed by atoms with Crippen LogP contribution in [0.15, 0.2) is 59.7 Å². The van der Waals surface area contributed by atoms with Gasteiger partial charge in [-0.25, -0.2) is 5.84 Å². The Balaban J connectivity index is 2.92. The van der Waals surface area contributed by atoms with E-state index in [1.807, 2.05) is 55.5 Å². The maximum absolute atomic E-state index is 5.33. The van der Waals surface area contributed by atoms with Gasteiger partial charge in [0, 0.05) is 5.56 Å². The van der Waals surface area contributed by atoms with Crippen molar-refractivity contribution in [3.05, 3.63) is 65.8 Å².